The van der Waals surface area contributed by atoms with Crippen LogP contribution in [0.1, 0.15) is 24.5 Å². The Morgan fingerprint density at radius 1 is 1.05 bits per heavy atom. The number of aromatic nitrogens is 2. The summed E-state index contributed by atoms with van der Waals surface area (Å²) in [6, 6.07) is 20.8. The number of allylic oxidation sites excluding steroid dienone is 2. The lowest BCUT2D eigenvalue weighted by molar-refractivity contribution is -0.122. The molecule has 0 saturated carbocycles. The maximum atomic E-state index is 13.7. The van der Waals surface area contributed by atoms with Gasteiger partial charge in [0, 0.05) is 61.2 Å². The van der Waals surface area contributed by atoms with E-state index in [4.69, 9.17) is 9.47 Å². The number of Topliss-reactive ketones (excluding diaryl/α,β-unsaturated/α-hetero) is 1. The standard InChI is InChI=1S/C35H33N5O4/c1-23(20-25-8-6-5-7-9-25)40(3)34(26-14-17-36-18-15-26)33(24(2)41)35(42)39-32-13-11-28(22-38-32)44-31-16-19-37-30-21-27(43-4)10-12-29(30)31/h5-12,14-19,21-22,32H,1,13,20H2,2-4H3,(H,39,42)/b34-33+. The van der Waals surface area contributed by atoms with E-state index in [1.807, 2.05) is 54.6 Å². The van der Waals surface area contributed by atoms with E-state index in [1.165, 1.54) is 6.92 Å². The number of hydrogen-bond donors (Lipinski definition) is 1. The molecular weight excluding hydrogens is 554 g/mol. The maximum Gasteiger partial charge on any atom is 0.258 e. The van der Waals surface area contributed by atoms with Crippen LogP contribution in [-0.2, 0) is 16.0 Å². The predicted octanol–water partition coefficient (Wildman–Crippen LogP) is 5.51. The minimum atomic E-state index is -0.584. The lowest BCUT2D eigenvalue weighted by Crippen LogP contribution is -2.38. The molecule has 0 bridgehead atoms. The first-order chi connectivity index (χ1) is 21.3. The van der Waals surface area contributed by atoms with E-state index in [9.17, 15) is 9.59 Å². The molecule has 2 aromatic heterocycles. The normalized spacial score (nSPS) is 14.7. The number of dihydropyridines is 1. The highest BCUT2D eigenvalue weighted by Crippen LogP contribution is 2.30. The zero-order valence-corrected chi connectivity index (χ0v) is 24.9. The Labute approximate surface area is 256 Å². The molecule has 5 rings (SSSR count). The van der Waals surface area contributed by atoms with Gasteiger partial charge in [0.05, 0.1) is 24.5 Å². The Morgan fingerprint density at radius 2 is 1.82 bits per heavy atom. The Bertz CT molecular complexity index is 1780. The van der Waals surface area contributed by atoms with Gasteiger partial charge in [-0.15, -0.1) is 0 Å². The Balaban J connectivity index is 1.35. The first-order valence-electron chi connectivity index (χ1n) is 14.1. The minimum absolute atomic E-state index is 0.00724. The Morgan fingerprint density at radius 3 is 2.50 bits per heavy atom. The number of carbonyl (C=O) groups is 2. The number of methoxy groups -OCH3 is 1. The molecule has 0 fully saturated rings. The number of ketones is 1. The first-order valence-corrected chi connectivity index (χ1v) is 14.1. The van der Waals surface area contributed by atoms with Gasteiger partial charge in [0.1, 0.15) is 29.0 Å². The van der Waals surface area contributed by atoms with Crippen molar-refractivity contribution in [2.75, 3.05) is 14.2 Å². The van der Waals surface area contributed by atoms with Crippen molar-refractivity contribution in [2.24, 2.45) is 4.99 Å². The zero-order chi connectivity index (χ0) is 31.1. The number of ether oxygens (including phenoxy) is 2. The topological polar surface area (TPSA) is 106 Å². The molecule has 9 nitrogen and oxygen atoms in total. The van der Waals surface area contributed by atoms with E-state index < -0.39 is 12.1 Å². The number of carbonyl (C=O) groups excluding carboxylic acids is 2. The second-order valence-corrected chi connectivity index (χ2v) is 10.2. The van der Waals surface area contributed by atoms with E-state index in [2.05, 4.69) is 26.9 Å². The lowest BCUT2D eigenvalue weighted by Gasteiger charge is -2.28. The summed E-state index contributed by atoms with van der Waals surface area (Å²) in [6.07, 6.45) is 8.67. The predicted molar refractivity (Wildman–Crippen MR) is 171 cm³/mol. The number of fused-ring (bicyclic) bond motifs is 1. The summed E-state index contributed by atoms with van der Waals surface area (Å²) in [5.74, 6) is 0.958. The molecule has 2 aromatic carbocycles. The van der Waals surface area contributed by atoms with Gasteiger partial charge in [-0.25, -0.2) is 0 Å². The van der Waals surface area contributed by atoms with E-state index >= 15 is 0 Å². The smallest absolute Gasteiger partial charge is 0.258 e. The third kappa shape index (κ3) is 6.90. The fourth-order valence-corrected chi connectivity index (χ4v) is 4.89. The van der Waals surface area contributed by atoms with Gasteiger partial charge >= 0.3 is 0 Å². The van der Waals surface area contributed by atoms with Crippen molar-refractivity contribution < 1.29 is 19.1 Å². The van der Waals surface area contributed by atoms with Crippen molar-refractivity contribution in [3.8, 4) is 11.5 Å². The molecule has 4 aromatic rings. The van der Waals surface area contributed by atoms with Crippen LogP contribution in [-0.4, -0.2) is 53.1 Å². The highest BCUT2D eigenvalue weighted by molar-refractivity contribution is 6.23. The minimum Gasteiger partial charge on any atom is -0.497 e. The summed E-state index contributed by atoms with van der Waals surface area (Å²) >= 11 is 0. The van der Waals surface area contributed by atoms with Gasteiger partial charge in [-0.05, 0) is 48.9 Å². The third-order valence-corrected chi connectivity index (χ3v) is 7.19. The van der Waals surface area contributed by atoms with Gasteiger partial charge in [-0.2, -0.15) is 0 Å². The molecule has 9 heteroatoms. The number of aliphatic imine (C=N–C) groups is 1. The summed E-state index contributed by atoms with van der Waals surface area (Å²) in [7, 11) is 3.41. The van der Waals surface area contributed by atoms with Crippen LogP contribution in [0.4, 0.5) is 0 Å². The van der Waals surface area contributed by atoms with Crippen molar-refractivity contribution in [3.63, 3.8) is 0 Å². The fourth-order valence-electron chi connectivity index (χ4n) is 4.89. The highest BCUT2D eigenvalue weighted by atomic mass is 16.5. The van der Waals surface area contributed by atoms with Crippen molar-refractivity contribution in [1.82, 2.24) is 20.2 Å². The molecule has 222 valence electrons. The molecule has 1 N–H and O–H groups in total. The van der Waals surface area contributed by atoms with E-state index in [0.29, 0.717) is 41.4 Å². The Hall–Kier alpha value is -5.57. The van der Waals surface area contributed by atoms with Crippen molar-refractivity contribution in [1.29, 1.82) is 0 Å². The number of amides is 1. The molecule has 0 saturated heterocycles. The summed E-state index contributed by atoms with van der Waals surface area (Å²) < 4.78 is 11.4. The second-order valence-electron chi connectivity index (χ2n) is 10.2. The van der Waals surface area contributed by atoms with Crippen LogP contribution in [0.15, 0.2) is 120 Å². The van der Waals surface area contributed by atoms with Crippen LogP contribution in [0.3, 0.4) is 0 Å². The van der Waals surface area contributed by atoms with Crippen LogP contribution in [0, 0.1) is 0 Å². The number of nitrogens with zero attached hydrogens (tertiary/aromatic N) is 4. The summed E-state index contributed by atoms with van der Waals surface area (Å²) in [5, 5.41) is 3.74. The number of hydrogen-bond acceptors (Lipinski definition) is 8. The van der Waals surface area contributed by atoms with Crippen LogP contribution in [0.5, 0.6) is 11.5 Å². The molecule has 0 radical (unpaired) electrons. The summed E-state index contributed by atoms with van der Waals surface area (Å²) in [4.78, 5) is 41.6. The molecule has 3 heterocycles. The van der Waals surface area contributed by atoms with Gasteiger partial charge in [0.15, 0.2) is 5.78 Å². The molecule has 1 aliphatic rings. The molecule has 0 spiro atoms. The SMILES string of the molecule is C=C(Cc1ccccc1)N(C)/C(=C(\C(C)=O)C(=O)NC1CC=C(Oc2ccnc3cc(OC)ccc23)C=N1)c1ccncc1. The van der Waals surface area contributed by atoms with Crippen molar-refractivity contribution in [3.05, 3.63) is 126 Å². The third-order valence-electron chi connectivity index (χ3n) is 7.19. The molecule has 1 amide bonds. The quantitative estimate of drug-likeness (QED) is 0.140. The summed E-state index contributed by atoms with van der Waals surface area (Å²) in [5.41, 5.74) is 3.64. The molecule has 1 unspecified atom stereocenters. The van der Waals surface area contributed by atoms with Gasteiger partial charge in [-0.3, -0.25) is 24.5 Å². The largest absolute Gasteiger partial charge is 0.497 e. The Kier molecular flexibility index (Phi) is 9.25. The van der Waals surface area contributed by atoms with E-state index in [-0.39, 0.29) is 11.4 Å². The highest BCUT2D eigenvalue weighted by Gasteiger charge is 2.27. The van der Waals surface area contributed by atoms with Crippen LogP contribution in [0.2, 0.25) is 0 Å². The molecule has 1 aliphatic heterocycles. The second kappa shape index (κ2) is 13.6. The van der Waals surface area contributed by atoms with Gasteiger partial charge < -0.3 is 19.7 Å². The van der Waals surface area contributed by atoms with Crippen LogP contribution in [0.25, 0.3) is 16.6 Å². The maximum absolute atomic E-state index is 13.7. The number of nitrogens with one attached hydrogen (secondary N) is 1. The van der Waals surface area contributed by atoms with E-state index in [0.717, 1.165) is 22.2 Å². The van der Waals surface area contributed by atoms with Gasteiger partial charge in [0.2, 0.25) is 0 Å². The van der Waals surface area contributed by atoms with Gasteiger partial charge in [-0.1, -0.05) is 36.9 Å². The van der Waals surface area contributed by atoms with Crippen molar-refractivity contribution in [2.45, 2.75) is 25.9 Å². The lowest BCUT2D eigenvalue weighted by atomic mass is 10.0. The monoisotopic (exact) mass is 587 g/mol. The molecular formula is C35H33N5O4. The van der Waals surface area contributed by atoms with Gasteiger partial charge in [0.25, 0.3) is 5.91 Å². The first kappa shape index (κ1) is 29.9. The van der Waals surface area contributed by atoms with Crippen LogP contribution >= 0.6 is 0 Å². The van der Waals surface area contributed by atoms with Crippen LogP contribution < -0.4 is 14.8 Å². The van der Waals surface area contributed by atoms with E-state index in [1.54, 1.807) is 62.1 Å². The number of likely N-dealkylation sites (N-methyl/N-ethyl adjacent to an activating group) is 1. The molecule has 1 atom stereocenters. The molecule has 0 aliphatic carbocycles. The average Bonchev–Trinajstić information content (AvgIpc) is 3.04. The summed E-state index contributed by atoms with van der Waals surface area (Å²) in [6.45, 7) is 5.64. The number of benzene rings is 2. The van der Waals surface area contributed by atoms with Crippen molar-refractivity contribution >= 4 is 34.5 Å². The number of pyridine rings is 2. The molecule has 44 heavy (non-hydrogen) atoms. The average molecular weight is 588 g/mol. The number of rotatable bonds is 11. The fraction of sp³-hybridized carbons (Fsp3) is 0.171. The zero-order valence-electron chi connectivity index (χ0n) is 24.9.